The maximum absolute atomic E-state index is 5.94. The highest BCUT2D eigenvalue weighted by Gasteiger charge is 2.17. The third kappa shape index (κ3) is 6.76. The van der Waals surface area contributed by atoms with Gasteiger partial charge in [-0.05, 0) is 66.7 Å². The minimum Gasteiger partial charge on any atom is -0.379 e. The third-order valence-electron chi connectivity index (χ3n) is 6.06. The zero-order valence-electron chi connectivity index (χ0n) is 19.5. The summed E-state index contributed by atoms with van der Waals surface area (Å²) in [7, 11) is 0. The molecule has 3 rings (SSSR count). The predicted molar refractivity (Wildman–Crippen MR) is 135 cm³/mol. The predicted octanol–water partition coefficient (Wildman–Crippen LogP) is 5.35. The first-order valence-corrected chi connectivity index (χ1v) is 11.9. The van der Waals surface area contributed by atoms with Crippen LogP contribution in [0.4, 0.5) is 5.69 Å². The summed E-state index contributed by atoms with van der Waals surface area (Å²) in [6.45, 7) is 15.4. The first-order chi connectivity index (χ1) is 15.0. The lowest BCUT2D eigenvalue weighted by Crippen LogP contribution is -2.40. The van der Waals surface area contributed by atoms with Crippen molar-refractivity contribution >= 4 is 23.0 Å². The minimum atomic E-state index is 0.442. The molecule has 1 heterocycles. The van der Waals surface area contributed by atoms with E-state index in [1.54, 1.807) is 0 Å². The Morgan fingerprint density at radius 1 is 1.06 bits per heavy atom. The van der Waals surface area contributed by atoms with E-state index in [0.29, 0.717) is 5.92 Å². The van der Waals surface area contributed by atoms with Gasteiger partial charge in [-0.2, -0.15) is 0 Å². The molecule has 0 spiro atoms. The number of hydrogen-bond acceptors (Lipinski definition) is 3. The normalized spacial score (nSPS) is 14.6. The number of morpholine rings is 1. The van der Waals surface area contributed by atoms with E-state index >= 15 is 0 Å². The van der Waals surface area contributed by atoms with E-state index < -0.39 is 0 Å². The lowest BCUT2D eigenvalue weighted by Gasteiger charge is -2.30. The average Bonchev–Trinajstić information content (AvgIpc) is 2.75. The van der Waals surface area contributed by atoms with Crippen LogP contribution in [-0.4, -0.2) is 54.3 Å². The van der Waals surface area contributed by atoms with E-state index in [4.69, 9.17) is 17.0 Å². The van der Waals surface area contributed by atoms with Crippen LogP contribution in [0.1, 0.15) is 48.4 Å². The first kappa shape index (κ1) is 23.7. The van der Waals surface area contributed by atoms with Crippen molar-refractivity contribution in [2.24, 2.45) is 0 Å². The Kier molecular flexibility index (Phi) is 8.88. The van der Waals surface area contributed by atoms with Crippen LogP contribution in [0.3, 0.4) is 0 Å². The van der Waals surface area contributed by atoms with Crippen molar-refractivity contribution in [2.75, 3.05) is 44.7 Å². The molecule has 1 fully saturated rings. The highest BCUT2D eigenvalue weighted by atomic mass is 32.1. The van der Waals surface area contributed by atoms with E-state index in [0.717, 1.165) is 63.2 Å². The van der Waals surface area contributed by atoms with Crippen LogP contribution >= 0.6 is 12.2 Å². The third-order valence-corrected chi connectivity index (χ3v) is 6.42. The Hall–Kier alpha value is -1.95. The molecule has 1 aliphatic heterocycles. The molecule has 0 unspecified atom stereocenters. The maximum atomic E-state index is 5.94. The Labute approximate surface area is 193 Å². The number of nitrogens with one attached hydrogen (secondary N) is 1. The molecule has 0 aliphatic carbocycles. The molecule has 2 aromatic rings. The van der Waals surface area contributed by atoms with Crippen LogP contribution in [0, 0.1) is 13.8 Å². The zero-order chi connectivity index (χ0) is 22.2. The molecule has 0 radical (unpaired) electrons. The number of aryl methyl sites for hydroxylation is 2. The molecule has 1 N–H and O–H groups in total. The quantitative estimate of drug-likeness (QED) is 0.560. The van der Waals surface area contributed by atoms with Gasteiger partial charge in [-0.15, -0.1) is 0 Å². The molecule has 2 aromatic carbocycles. The van der Waals surface area contributed by atoms with Crippen molar-refractivity contribution in [1.82, 2.24) is 9.80 Å². The molecule has 1 aliphatic rings. The number of hydrogen-bond donors (Lipinski definition) is 1. The molecule has 4 nitrogen and oxygen atoms in total. The molecule has 0 atom stereocenters. The number of rotatable bonds is 8. The summed E-state index contributed by atoms with van der Waals surface area (Å²) < 4.78 is 5.48. The standard InChI is InChI=1S/C26H37N3OS/c1-20(2)25-22(4)10-7-12-24(25)27-26(31)29(19-23-11-6-5-9-21(23)3)14-8-13-28-15-17-30-18-16-28/h5-7,9-12,20H,8,13-19H2,1-4H3,(H,27,31). The molecule has 5 heteroatoms. The number of ether oxygens (including phenoxy) is 1. The molecule has 0 bridgehead atoms. The topological polar surface area (TPSA) is 27.7 Å². The summed E-state index contributed by atoms with van der Waals surface area (Å²) in [6.07, 6.45) is 1.08. The van der Waals surface area contributed by atoms with Gasteiger partial charge in [0, 0.05) is 38.4 Å². The summed E-state index contributed by atoms with van der Waals surface area (Å²) in [6, 6.07) is 15.0. The fourth-order valence-corrected chi connectivity index (χ4v) is 4.57. The molecule has 0 saturated carbocycles. The lowest BCUT2D eigenvalue weighted by atomic mass is 9.96. The number of thiocarbonyl (C=S) groups is 1. The smallest absolute Gasteiger partial charge is 0.173 e. The maximum Gasteiger partial charge on any atom is 0.173 e. The van der Waals surface area contributed by atoms with Crippen molar-refractivity contribution in [3.8, 4) is 0 Å². The van der Waals surface area contributed by atoms with E-state index in [9.17, 15) is 0 Å². The van der Waals surface area contributed by atoms with E-state index in [1.165, 1.54) is 22.3 Å². The monoisotopic (exact) mass is 439 g/mol. The summed E-state index contributed by atoms with van der Waals surface area (Å²) in [5.41, 5.74) is 6.41. The van der Waals surface area contributed by atoms with Crippen molar-refractivity contribution < 1.29 is 4.74 Å². The lowest BCUT2D eigenvalue weighted by molar-refractivity contribution is 0.0368. The van der Waals surface area contributed by atoms with Crippen molar-refractivity contribution in [2.45, 2.75) is 46.6 Å². The van der Waals surface area contributed by atoms with Gasteiger partial charge in [0.1, 0.15) is 0 Å². The Morgan fingerprint density at radius 3 is 2.48 bits per heavy atom. The molecule has 0 amide bonds. The summed E-state index contributed by atoms with van der Waals surface area (Å²) in [5.74, 6) is 0.442. The second-order valence-corrected chi connectivity index (χ2v) is 9.16. The minimum absolute atomic E-state index is 0.442. The van der Waals surface area contributed by atoms with Crippen molar-refractivity contribution in [3.63, 3.8) is 0 Å². The second-order valence-electron chi connectivity index (χ2n) is 8.78. The van der Waals surface area contributed by atoms with Crippen LogP contribution in [0.25, 0.3) is 0 Å². The van der Waals surface area contributed by atoms with Crippen molar-refractivity contribution in [3.05, 3.63) is 64.7 Å². The molecule has 168 valence electrons. The van der Waals surface area contributed by atoms with Crippen LogP contribution in [0.15, 0.2) is 42.5 Å². The number of benzene rings is 2. The van der Waals surface area contributed by atoms with Crippen LogP contribution in [0.5, 0.6) is 0 Å². The van der Waals surface area contributed by atoms with Gasteiger partial charge in [0.2, 0.25) is 0 Å². The SMILES string of the molecule is Cc1ccccc1CN(CCCN1CCOCC1)C(=S)Nc1cccc(C)c1C(C)C. The summed E-state index contributed by atoms with van der Waals surface area (Å²) in [5, 5.41) is 4.39. The zero-order valence-corrected chi connectivity index (χ0v) is 20.3. The molecular formula is C26H37N3OS. The molecule has 0 aromatic heterocycles. The summed E-state index contributed by atoms with van der Waals surface area (Å²) >= 11 is 5.94. The molecule has 31 heavy (non-hydrogen) atoms. The van der Waals surface area contributed by atoms with Gasteiger partial charge in [0.05, 0.1) is 13.2 Å². The fourth-order valence-electron chi connectivity index (χ4n) is 4.31. The van der Waals surface area contributed by atoms with Gasteiger partial charge in [0.15, 0.2) is 5.11 Å². The van der Waals surface area contributed by atoms with E-state index in [2.05, 4.69) is 85.3 Å². The first-order valence-electron chi connectivity index (χ1n) is 11.5. The Balaban J connectivity index is 1.72. The van der Waals surface area contributed by atoms with Gasteiger partial charge in [-0.3, -0.25) is 4.90 Å². The highest BCUT2D eigenvalue weighted by Crippen LogP contribution is 2.28. The average molecular weight is 440 g/mol. The molecule has 1 saturated heterocycles. The van der Waals surface area contributed by atoms with E-state index in [1.807, 2.05) is 0 Å². The van der Waals surface area contributed by atoms with Crippen molar-refractivity contribution in [1.29, 1.82) is 0 Å². The fraction of sp³-hybridized carbons (Fsp3) is 0.500. The Morgan fingerprint density at radius 2 is 1.77 bits per heavy atom. The van der Waals surface area contributed by atoms with Gasteiger partial charge in [0.25, 0.3) is 0 Å². The number of anilines is 1. The van der Waals surface area contributed by atoms with Gasteiger partial charge < -0.3 is 15.0 Å². The highest BCUT2D eigenvalue weighted by molar-refractivity contribution is 7.80. The van der Waals surface area contributed by atoms with Gasteiger partial charge in [-0.1, -0.05) is 50.2 Å². The Bertz CT molecular complexity index is 861. The molecular weight excluding hydrogens is 402 g/mol. The summed E-state index contributed by atoms with van der Waals surface area (Å²) in [4.78, 5) is 4.81. The largest absolute Gasteiger partial charge is 0.379 e. The van der Waals surface area contributed by atoms with Crippen LogP contribution in [-0.2, 0) is 11.3 Å². The van der Waals surface area contributed by atoms with Gasteiger partial charge >= 0.3 is 0 Å². The van der Waals surface area contributed by atoms with Crippen LogP contribution in [0.2, 0.25) is 0 Å². The second kappa shape index (κ2) is 11.6. The van der Waals surface area contributed by atoms with E-state index in [-0.39, 0.29) is 0 Å². The van der Waals surface area contributed by atoms with Crippen LogP contribution < -0.4 is 5.32 Å². The van der Waals surface area contributed by atoms with Gasteiger partial charge in [-0.25, -0.2) is 0 Å². The number of nitrogens with zero attached hydrogens (tertiary/aromatic N) is 2.